The predicted octanol–water partition coefficient (Wildman–Crippen LogP) is 2.28. The lowest BCUT2D eigenvalue weighted by Gasteiger charge is -2.08. The van der Waals surface area contributed by atoms with Crippen molar-refractivity contribution in [3.8, 4) is 0 Å². The zero-order chi connectivity index (χ0) is 10.4. The summed E-state index contributed by atoms with van der Waals surface area (Å²) in [6, 6.07) is 0. The van der Waals surface area contributed by atoms with Gasteiger partial charge in [-0.2, -0.15) is 0 Å². The van der Waals surface area contributed by atoms with Gasteiger partial charge in [-0.1, -0.05) is 31.6 Å². The zero-order valence-electron chi connectivity index (χ0n) is 9.14. The fourth-order valence-corrected chi connectivity index (χ4v) is 0.931. The van der Waals surface area contributed by atoms with E-state index < -0.39 is 0 Å². The van der Waals surface area contributed by atoms with Crippen LogP contribution in [0, 0.1) is 5.92 Å². The van der Waals surface area contributed by atoms with Crippen LogP contribution in [0.1, 0.15) is 27.7 Å². The molecule has 0 saturated heterocycles. The van der Waals surface area contributed by atoms with Crippen LogP contribution in [0.25, 0.3) is 0 Å². The van der Waals surface area contributed by atoms with E-state index in [1.807, 2.05) is 39.8 Å². The second-order valence-corrected chi connectivity index (χ2v) is 3.60. The second-order valence-electron chi connectivity index (χ2n) is 3.60. The lowest BCUT2D eigenvalue weighted by Crippen LogP contribution is -2.22. The molecule has 74 valence electrons. The van der Waals surface area contributed by atoms with Crippen LogP contribution in [-0.4, -0.2) is 13.0 Å². The summed E-state index contributed by atoms with van der Waals surface area (Å²) in [5, 5.41) is 2.63. The van der Waals surface area contributed by atoms with Crippen molar-refractivity contribution in [1.29, 1.82) is 0 Å². The van der Waals surface area contributed by atoms with Crippen molar-refractivity contribution in [2.24, 2.45) is 5.92 Å². The molecule has 0 saturated carbocycles. The summed E-state index contributed by atoms with van der Waals surface area (Å²) in [4.78, 5) is 11.4. The SMILES string of the molecule is CNC(=O)/C(=C\C=C(C)C)C(C)C. The Kier molecular flexibility index (Phi) is 5.12. The third-order valence-corrected chi connectivity index (χ3v) is 1.71. The molecule has 0 aliphatic heterocycles. The number of rotatable bonds is 3. The number of hydrogen-bond acceptors (Lipinski definition) is 1. The summed E-state index contributed by atoms with van der Waals surface area (Å²) >= 11 is 0. The second kappa shape index (κ2) is 5.57. The maximum absolute atomic E-state index is 11.4. The Hall–Kier alpha value is -1.05. The molecule has 0 unspecified atom stereocenters. The smallest absolute Gasteiger partial charge is 0.247 e. The number of nitrogens with one attached hydrogen (secondary N) is 1. The summed E-state index contributed by atoms with van der Waals surface area (Å²) in [5.74, 6) is 0.267. The molecule has 2 heteroatoms. The maximum Gasteiger partial charge on any atom is 0.247 e. The molecule has 0 rings (SSSR count). The lowest BCUT2D eigenvalue weighted by atomic mass is 10.0. The largest absolute Gasteiger partial charge is 0.355 e. The Morgan fingerprint density at radius 1 is 1.23 bits per heavy atom. The van der Waals surface area contributed by atoms with Gasteiger partial charge in [0.25, 0.3) is 0 Å². The first-order valence-electron chi connectivity index (χ1n) is 4.56. The normalized spacial score (nSPS) is 11.4. The van der Waals surface area contributed by atoms with E-state index in [-0.39, 0.29) is 11.8 Å². The molecule has 0 heterocycles. The van der Waals surface area contributed by atoms with Crippen LogP contribution in [0.15, 0.2) is 23.3 Å². The van der Waals surface area contributed by atoms with Crippen molar-refractivity contribution in [2.75, 3.05) is 7.05 Å². The Bertz CT molecular complexity index is 232. The molecule has 0 fully saturated rings. The van der Waals surface area contributed by atoms with E-state index in [9.17, 15) is 4.79 Å². The average molecular weight is 181 g/mol. The minimum Gasteiger partial charge on any atom is -0.355 e. The fourth-order valence-electron chi connectivity index (χ4n) is 0.931. The van der Waals surface area contributed by atoms with Crippen molar-refractivity contribution in [3.05, 3.63) is 23.3 Å². The first kappa shape index (κ1) is 11.9. The minimum absolute atomic E-state index is 0.00694. The number of carbonyl (C=O) groups is 1. The first-order valence-corrected chi connectivity index (χ1v) is 4.56. The Morgan fingerprint density at radius 2 is 1.77 bits per heavy atom. The quantitative estimate of drug-likeness (QED) is 0.525. The van der Waals surface area contributed by atoms with Gasteiger partial charge in [0.2, 0.25) is 5.91 Å². The van der Waals surface area contributed by atoms with Gasteiger partial charge in [-0.25, -0.2) is 0 Å². The number of amides is 1. The molecule has 0 bridgehead atoms. The van der Waals surface area contributed by atoms with Gasteiger partial charge in [-0.15, -0.1) is 0 Å². The molecule has 13 heavy (non-hydrogen) atoms. The maximum atomic E-state index is 11.4. The van der Waals surface area contributed by atoms with Crippen LogP contribution in [0.5, 0.6) is 0 Å². The topological polar surface area (TPSA) is 29.1 Å². The van der Waals surface area contributed by atoms with Crippen molar-refractivity contribution in [3.63, 3.8) is 0 Å². The molecule has 0 atom stereocenters. The van der Waals surface area contributed by atoms with Crippen LogP contribution < -0.4 is 5.32 Å². The van der Waals surface area contributed by atoms with Gasteiger partial charge in [0.1, 0.15) is 0 Å². The standard InChI is InChI=1S/C11H19NO/c1-8(2)6-7-10(9(3)4)11(13)12-5/h6-7,9H,1-5H3,(H,12,13)/b10-7-. The molecular weight excluding hydrogens is 162 g/mol. The number of likely N-dealkylation sites (N-methyl/N-ethyl adjacent to an activating group) is 1. The third-order valence-electron chi connectivity index (χ3n) is 1.71. The predicted molar refractivity (Wildman–Crippen MR) is 56.4 cm³/mol. The summed E-state index contributed by atoms with van der Waals surface area (Å²) in [5.41, 5.74) is 2.02. The highest BCUT2D eigenvalue weighted by Gasteiger charge is 2.09. The van der Waals surface area contributed by atoms with Crippen molar-refractivity contribution in [1.82, 2.24) is 5.32 Å². The van der Waals surface area contributed by atoms with Crippen molar-refractivity contribution < 1.29 is 4.79 Å². The minimum atomic E-state index is 0.00694. The Labute approximate surface area is 80.7 Å². The van der Waals surface area contributed by atoms with Gasteiger partial charge in [-0.3, -0.25) is 4.79 Å². The van der Waals surface area contributed by atoms with E-state index in [2.05, 4.69) is 5.32 Å². The molecule has 1 N–H and O–H groups in total. The van der Waals surface area contributed by atoms with Crippen LogP contribution in [0.4, 0.5) is 0 Å². The molecule has 0 aromatic carbocycles. The summed E-state index contributed by atoms with van der Waals surface area (Å²) in [6.07, 6.45) is 3.85. The van der Waals surface area contributed by atoms with Crippen LogP contribution >= 0.6 is 0 Å². The van der Waals surface area contributed by atoms with E-state index in [4.69, 9.17) is 0 Å². The Morgan fingerprint density at radius 3 is 2.08 bits per heavy atom. The summed E-state index contributed by atoms with van der Waals surface area (Å²) in [6.45, 7) is 8.05. The number of allylic oxidation sites excluding steroid dienone is 3. The molecule has 0 aliphatic carbocycles. The fraction of sp³-hybridized carbons (Fsp3) is 0.545. The van der Waals surface area contributed by atoms with Gasteiger partial charge in [0.05, 0.1) is 0 Å². The van der Waals surface area contributed by atoms with E-state index in [0.717, 1.165) is 5.57 Å². The Balaban J connectivity index is 4.71. The molecule has 0 aliphatic rings. The first-order chi connectivity index (χ1) is 5.99. The molecule has 1 amide bonds. The van der Waals surface area contributed by atoms with Gasteiger partial charge in [0, 0.05) is 12.6 Å². The van der Waals surface area contributed by atoms with Crippen LogP contribution in [0.2, 0.25) is 0 Å². The van der Waals surface area contributed by atoms with Gasteiger partial charge >= 0.3 is 0 Å². The molecule has 0 aromatic heterocycles. The lowest BCUT2D eigenvalue weighted by molar-refractivity contribution is -0.117. The molecular formula is C11H19NO. The van der Waals surface area contributed by atoms with Gasteiger partial charge < -0.3 is 5.32 Å². The van der Waals surface area contributed by atoms with Gasteiger partial charge in [0.15, 0.2) is 0 Å². The van der Waals surface area contributed by atoms with Gasteiger partial charge in [-0.05, 0) is 19.8 Å². The van der Waals surface area contributed by atoms with E-state index in [1.54, 1.807) is 7.05 Å². The summed E-state index contributed by atoms with van der Waals surface area (Å²) < 4.78 is 0. The van der Waals surface area contributed by atoms with Crippen LogP contribution in [0.3, 0.4) is 0 Å². The number of carbonyl (C=O) groups excluding carboxylic acids is 1. The van der Waals surface area contributed by atoms with Crippen LogP contribution in [-0.2, 0) is 4.79 Å². The average Bonchev–Trinajstić information content (AvgIpc) is 2.03. The highest BCUT2D eigenvalue weighted by atomic mass is 16.1. The summed E-state index contributed by atoms with van der Waals surface area (Å²) in [7, 11) is 1.65. The highest BCUT2D eigenvalue weighted by Crippen LogP contribution is 2.10. The molecule has 0 spiro atoms. The molecule has 0 radical (unpaired) electrons. The van der Waals surface area contributed by atoms with Crippen molar-refractivity contribution in [2.45, 2.75) is 27.7 Å². The molecule has 2 nitrogen and oxygen atoms in total. The highest BCUT2D eigenvalue weighted by molar-refractivity contribution is 5.93. The van der Waals surface area contributed by atoms with E-state index in [0.29, 0.717) is 0 Å². The molecule has 0 aromatic rings. The van der Waals surface area contributed by atoms with E-state index in [1.165, 1.54) is 5.57 Å². The van der Waals surface area contributed by atoms with Crippen molar-refractivity contribution >= 4 is 5.91 Å². The number of hydrogen-bond donors (Lipinski definition) is 1. The van der Waals surface area contributed by atoms with E-state index >= 15 is 0 Å². The zero-order valence-corrected chi connectivity index (χ0v) is 9.14. The third kappa shape index (κ3) is 4.51. The monoisotopic (exact) mass is 181 g/mol.